The summed E-state index contributed by atoms with van der Waals surface area (Å²) in [6.45, 7) is 5.18. The first-order valence-electron chi connectivity index (χ1n) is 9.52. The Bertz CT molecular complexity index is 885. The van der Waals surface area contributed by atoms with E-state index in [4.69, 9.17) is 13.8 Å². The average Bonchev–Trinajstić information content (AvgIpc) is 3.12. The lowest BCUT2D eigenvalue weighted by molar-refractivity contribution is -0.143. The first-order valence-corrected chi connectivity index (χ1v) is 11.1. The number of carbonyl (C=O) groups is 2. The van der Waals surface area contributed by atoms with E-state index in [0.29, 0.717) is 11.1 Å². The SMILES string of the molecule is CCOC(=O)C(CC(=O)c1ccccc1-c1cnn(C)c1)P(=O)(OCC)OCC. The van der Waals surface area contributed by atoms with Crippen molar-refractivity contribution < 1.29 is 27.9 Å². The second-order valence-electron chi connectivity index (χ2n) is 6.22. The van der Waals surface area contributed by atoms with E-state index in [1.165, 1.54) is 0 Å². The predicted octanol–water partition coefficient (Wildman–Crippen LogP) is 3.86. The number of ketones is 1. The number of esters is 1. The fourth-order valence-electron chi connectivity index (χ4n) is 2.96. The summed E-state index contributed by atoms with van der Waals surface area (Å²) < 4.78 is 30.6. The van der Waals surface area contributed by atoms with Crippen molar-refractivity contribution in [3.8, 4) is 11.1 Å². The Morgan fingerprint density at radius 2 is 1.76 bits per heavy atom. The third-order valence-electron chi connectivity index (χ3n) is 4.18. The lowest BCUT2D eigenvalue weighted by Crippen LogP contribution is -2.29. The molecule has 0 aliphatic carbocycles. The van der Waals surface area contributed by atoms with Crippen LogP contribution in [0.25, 0.3) is 11.1 Å². The highest BCUT2D eigenvalue weighted by Gasteiger charge is 2.43. The molecule has 1 atom stereocenters. The van der Waals surface area contributed by atoms with Gasteiger partial charge >= 0.3 is 13.6 Å². The van der Waals surface area contributed by atoms with Crippen LogP contribution >= 0.6 is 7.60 Å². The van der Waals surface area contributed by atoms with Crippen LogP contribution in [0.2, 0.25) is 0 Å². The second-order valence-corrected chi connectivity index (χ2v) is 8.44. The van der Waals surface area contributed by atoms with E-state index >= 15 is 0 Å². The number of hydrogen-bond donors (Lipinski definition) is 0. The standard InChI is InChI=1S/C20H27N2O6P/c1-5-26-20(24)19(29(25,27-6-2)28-7-3)12-18(23)17-11-9-8-10-16(17)15-13-21-22(4)14-15/h8-11,13-14,19H,5-7,12H2,1-4H3. The fraction of sp³-hybridized carbons (Fsp3) is 0.450. The Balaban J connectivity index is 2.40. The number of hydrogen-bond acceptors (Lipinski definition) is 7. The summed E-state index contributed by atoms with van der Waals surface area (Å²) >= 11 is 0. The normalized spacial score (nSPS) is 12.6. The number of nitrogens with zero attached hydrogens (tertiary/aromatic N) is 2. The van der Waals surface area contributed by atoms with Gasteiger partial charge in [-0.25, -0.2) is 0 Å². The highest BCUT2D eigenvalue weighted by Crippen LogP contribution is 2.55. The summed E-state index contributed by atoms with van der Waals surface area (Å²) in [6, 6.07) is 7.01. The highest BCUT2D eigenvalue weighted by molar-refractivity contribution is 7.55. The van der Waals surface area contributed by atoms with Crippen molar-refractivity contribution in [2.75, 3.05) is 19.8 Å². The van der Waals surface area contributed by atoms with Gasteiger partial charge in [0.2, 0.25) is 0 Å². The van der Waals surface area contributed by atoms with Gasteiger partial charge in [0.1, 0.15) is 0 Å². The second kappa shape index (κ2) is 10.5. The van der Waals surface area contributed by atoms with E-state index in [-0.39, 0.29) is 32.0 Å². The monoisotopic (exact) mass is 422 g/mol. The summed E-state index contributed by atoms with van der Waals surface area (Å²) in [7, 11) is -2.10. The molecule has 0 aliphatic heterocycles. The van der Waals surface area contributed by atoms with Gasteiger partial charge in [-0.3, -0.25) is 18.8 Å². The first-order chi connectivity index (χ1) is 13.9. The molecule has 0 saturated heterocycles. The number of benzene rings is 1. The molecule has 0 N–H and O–H groups in total. The minimum atomic E-state index is -3.88. The van der Waals surface area contributed by atoms with Crippen LogP contribution in [-0.2, 0) is 30.2 Å². The number of rotatable bonds is 11. The molecule has 0 saturated carbocycles. The summed E-state index contributed by atoms with van der Waals surface area (Å²) in [5.41, 5.74) is 0.504. The molecule has 9 heteroatoms. The molecule has 1 aromatic heterocycles. The topological polar surface area (TPSA) is 96.7 Å². The molecule has 0 aliphatic rings. The Kier molecular flexibility index (Phi) is 8.32. The van der Waals surface area contributed by atoms with E-state index in [2.05, 4.69) is 5.10 Å². The van der Waals surface area contributed by atoms with Crippen molar-refractivity contribution in [1.82, 2.24) is 9.78 Å². The van der Waals surface area contributed by atoms with E-state index in [1.807, 2.05) is 6.07 Å². The first kappa shape index (κ1) is 23.0. The van der Waals surface area contributed by atoms with Crippen molar-refractivity contribution in [2.24, 2.45) is 7.05 Å². The zero-order valence-corrected chi connectivity index (χ0v) is 18.1. The third kappa shape index (κ3) is 5.63. The van der Waals surface area contributed by atoms with Gasteiger partial charge in [0.15, 0.2) is 11.4 Å². The summed E-state index contributed by atoms with van der Waals surface area (Å²) in [5.74, 6) is -1.13. The molecule has 1 unspecified atom stereocenters. The molecule has 2 aromatic rings. The van der Waals surface area contributed by atoms with Gasteiger partial charge in [-0.15, -0.1) is 0 Å². The molecule has 158 valence electrons. The van der Waals surface area contributed by atoms with Crippen LogP contribution in [-0.4, -0.2) is 47.0 Å². The number of ether oxygens (including phenoxy) is 1. The van der Waals surface area contributed by atoms with E-state index in [1.54, 1.807) is 63.1 Å². The molecule has 1 aromatic carbocycles. The Morgan fingerprint density at radius 1 is 1.10 bits per heavy atom. The molecule has 0 spiro atoms. The van der Waals surface area contributed by atoms with Gasteiger partial charge in [0, 0.05) is 30.8 Å². The predicted molar refractivity (Wildman–Crippen MR) is 109 cm³/mol. The summed E-state index contributed by atoms with van der Waals surface area (Å²) in [5, 5.41) is 4.14. The molecular formula is C20H27N2O6P. The molecule has 0 radical (unpaired) electrons. The summed E-state index contributed by atoms with van der Waals surface area (Å²) in [4.78, 5) is 25.7. The molecule has 0 amide bonds. The van der Waals surface area contributed by atoms with Crippen LogP contribution in [0.1, 0.15) is 37.6 Å². The smallest absolute Gasteiger partial charge is 0.345 e. The lowest BCUT2D eigenvalue weighted by atomic mass is 9.97. The van der Waals surface area contributed by atoms with Gasteiger partial charge in [0.05, 0.1) is 26.0 Å². The van der Waals surface area contributed by atoms with Crippen molar-refractivity contribution in [3.05, 3.63) is 42.2 Å². The minimum Gasteiger partial charge on any atom is -0.465 e. The third-order valence-corrected chi connectivity index (χ3v) is 6.57. The number of aromatic nitrogens is 2. The van der Waals surface area contributed by atoms with E-state index in [0.717, 1.165) is 5.56 Å². The van der Waals surface area contributed by atoms with Gasteiger partial charge in [-0.2, -0.15) is 5.10 Å². The number of carbonyl (C=O) groups excluding carboxylic acids is 2. The van der Waals surface area contributed by atoms with Crippen LogP contribution in [0, 0.1) is 0 Å². The van der Waals surface area contributed by atoms with Gasteiger partial charge < -0.3 is 13.8 Å². The van der Waals surface area contributed by atoms with Crippen LogP contribution in [0.3, 0.4) is 0 Å². The Labute approximate surface area is 170 Å². The van der Waals surface area contributed by atoms with Crippen molar-refractivity contribution in [1.29, 1.82) is 0 Å². The van der Waals surface area contributed by atoms with Crippen LogP contribution in [0.4, 0.5) is 0 Å². The van der Waals surface area contributed by atoms with Crippen LogP contribution in [0.15, 0.2) is 36.7 Å². The number of Topliss-reactive ketones (excluding diaryl/α,β-unsaturated/α-hetero) is 1. The van der Waals surface area contributed by atoms with Gasteiger partial charge in [-0.1, -0.05) is 24.3 Å². The Hall–Kier alpha value is -2.28. The Morgan fingerprint density at radius 3 is 2.31 bits per heavy atom. The number of aryl methyl sites for hydroxylation is 1. The van der Waals surface area contributed by atoms with Gasteiger partial charge in [-0.05, 0) is 26.3 Å². The van der Waals surface area contributed by atoms with Crippen LogP contribution in [0.5, 0.6) is 0 Å². The van der Waals surface area contributed by atoms with Gasteiger partial charge in [0.25, 0.3) is 0 Å². The maximum absolute atomic E-state index is 13.2. The minimum absolute atomic E-state index is 0.0770. The van der Waals surface area contributed by atoms with Crippen molar-refractivity contribution in [2.45, 2.75) is 32.9 Å². The van der Waals surface area contributed by atoms with Crippen molar-refractivity contribution in [3.63, 3.8) is 0 Å². The molecule has 2 rings (SSSR count). The summed E-state index contributed by atoms with van der Waals surface area (Å²) in [6.07, 6.45) is 3.09. The molecule has 1 heterocycles. The van der Waals surface area contributed by atoms with E-state index in [9.17, 15) is 14.2 Å². The molecule has 0 bridgehead atoms. The largest absolute Gasteiger partial charge is 0.465 e. The maximum atomic E-state index is 13.2. The zero-order valence-electron chi connectivity index (χ0n) is 17.2. The maximum Gasteiger partial charge on any atom is 0.345 e. The molecule has 8 nitrogen and oxygen atoms in total. The quantitative estimate of drug-likeness (QED) is 0.308. The molecule has 0 fully saturated rings. The van der Waals surface area contributed by atoms with Crippen molar-refractivity contribution >= 4 is 19.3 Å². The molecule has 29 heavy (non-hydrogen) atoms. The average molecular weight is 422 g/mol. The fourth-order valence-corrected chi connectivity index (χ4v) is 4.84. The zero-order chi connectivity index (χ0) is 21.4. The highest BCUT2D eigenvalue weighted by atomic mass is 31.2. The van der Waals surface area contributed by atoms with E-state index < -0.39 is 19.2 Å². The molecular weight excluding hydrogens is 395 g/mol. The lowest BCUT2D eigenvalue weighted by Gasteiger charge is -2.24. The van der Waals surface area contributed by atoms with Crippen LogP contribution < -0.4 is 0 Å².